The Labute approximate surface area is 112 Å². The fraction of sp³-hybridized carbons (Fsp3) is 0.571. The van der Waals surface area contributed by atoms with E-state index < -0.39 is 11.7 Å². The highest BCUT2D eigenvalue weighted by Crippen LogP contribution is 2.37. The van der Waals surface area contributed by atoms with Gasteiger partial charge in [-0.25, -0.2) is 0 Å². The molecule has 0 aliphatic rings. The van der Waals surface area contributed by atoms with Gasteiger partial charge in [0.1, 0.15) is 0 Å². The Balaban J connectivity index is 3.12. The summed E-state index contributed by atoms with van der Waals surface area (Å²) in [4.78, 5) is 1.66. The molecule has 1 rings (SSSR count). The summed E-state index contributed by atoms with van der Waals surface area (Å²) >= 11 is 0. The third-order valence-corrected chi connectivity index (χ3v) is 3.30. The minimum absolute atomic E-state index is 0.110. The molecular weight excluding hydrogens is 253 g/mol. The van der Waals surface area contributed by atoms with Gasteiger partial charge in [-0.1, -0.05) is 26.3 Å². The van der Waals surface area contributed by atoms with Crippen molar-refractivity contribution in [3.05, 3.63) is 29.3 Å². The molecule has 19 heavy (non-hydrogen) atoms. The lowest BCUT2D eigenvalue weighted by Gasteiger charge is -2.26. The Kier molecular flexibility index (Phi) is 5.23. The fourth-order valence-corrected chi connectivity index (χ4v) is 1.97. The summed E-state index contributed by atoms with van der Waals surface area (Å²) in [6.45, 7) is 4.76. The standard InChI is InChI=1S/C14H21F3N2/c1-4-10(2)9-19(3)13-6-5-11(8-18)7-12(13)14(15,16)17/h5-7,10H,4,8-9,18H2,1-3H3. The first kappa shape index (κ1) is 15.8. The molecule has 0 fully saturated rings. The van der Waals surface area contributed by atoms with Crippen molar-refractivity contribution in [2.45, 2.75) is 33.0 Å². The van der Waals surface area contributed by atoms with Crippen LogP contribution in [0.4, 0.5) is 18.9 Å². The molecule has 1 unspecified atom stereocenters. The lowest BCUT2D eigenvalue weighted by Crippen LogP contribution is -2.26. The van der Waals surface area contributed by atoms with Crippen molar-refractivity contribution in [1.29, 1.82) is 0 Å². The number of benzene rings is 1. The second kappa shape index (κ2) is 6.28. The average molecular weight is 274 g/mol. The third-order valence-electron chi connectivity index (χ3n) is 3.30. The summed E-state index contributed by atoms with van der Waals surface area (Å²) in [5.41, 5.74) is 5.51. The van der Waals surface area contributed by atoms with E-state index in [4.69, 9.17) is 5.73 Å². The number of anilines is 1. The van der Waals surface area contributed by atoms with Crippen LogP contribution in [0.1, 0.15) is 31.4 Å². The molecule has 0 saturated carbocycles. The van der Waals surface area contributed by atoms with Crippen molar-refractivity contribution in [2.75, 3.05) is 18.5 Å². The monoisotopic (exact) mass is 274 g/mol. The molecule has 0 bridgehead atoms. The third kappa shape index (κ3) is 4.13. The highest BCUT2D eigenvalue weighted by molar-refractivity contribution is 5.56. The Hall–Kier alpha value is -1.23. The van der Waals surface area contributed by atoms with Crippen molar-refractivity contribution in [1.82, 2.24) is 0 Å². The molecule has 2 N–H and O–H groups in total. The van der Waals surface area contributed by atoms with Crippen LogP contribution in [0.15, 0.2) is 18.2 Å². The SMILES string of the molecule is CCC(C)CN(C)c1ccc(CN)cc1C(F)(F)F. The summed E-state index contributed by atoms with van der Waals surface area (Å²) in [6, 6.07) is 4.30. The molecule has 0 saturated heterocycles. The second-order valence-electron chi connectivity index (χ2n) is 4.95. The Morgan fingerprint density at radius 1 is 1.32 bits per heavy atom. The minimum atomic E-state index is -4.36. The van der Waals surface area contributed by atoms with Gasteiger partial charge in [0.15, 0.2) is 0 Å². The topological polar surface area (TPSA) is 29.3 Å². The van der Waals surface area contributed by atoms with E-state index in [1.807, 2.05) is 13.8 Å². The van der Waals surface area contributed by atoms with Crippen LogP contribution in [0.25, 0.3) is 0 Å². The first-order valence-electron chi connectivity index (χ1n) is 6.40. The summed E-state index contributed by atoms with van der Waals surface area (Å²) in [5.74, 6) is 0.347. The van der Waals surface area contributed by atoms with Crippen molar-refractivity contribution in [2.24, 2.45) is 11.7 Å². The van der Waals surface area contributed by atoms with E-state index in [1.54, 1.807) is 18.0 Å². The van der Waals surface area contributed by atoms with Gasteiger partial charge < -0.3 is 10.6 Å². The van der Waals surface area contributed by atoms with Gasteiger partial charge in [0.05, 0.1) is 5.56 Å². The Morgan fingerprint density at radius 3 is 2.42 bits per heavy atom. The summed E-state index contributed by atoms with van der Waals surface area (Å²) in [6.07, 6.45) is -3.42. The van der Waals surface area contributed by atoms with Gasteiger partial charge in [-0.3, -0.25) is 0 Å². The van der Waals surface area contributed by atoms with Gasteiger partial charge in [0.25, 0.3) is 0 Å². The lowest BCUT2D eigenvalue weighted by atomic mass is 10.0. The van der Waals surface area contributed by atoms with Crippen molar-refractivity contribution < 1.29 is 13.2 Å². The van der Waals surface area contributed by atoms with Gasteiger partial charge in [0.2, 0.25) is 0 Å². The minimum Gasteiger partial charge on any atom is -0.374 e. The zero-order valence-corrected chi connectivity index (χ0v) is 11.6. The molecule has 1 aromatic carbocycles. The van der Waals surface area contributed by atoms with Crippen LogP contribution < -0.4 is 10.6 Å². The molecule has 0 aromatic heterocycles. The lowest BCUT2D eigenvalue weighted by molar-refractivity contribution is -0.137. The van der Waals surface area contributed by atoms with E-state index >= 15 is 0 Å². The number of alkyl halides is 3. The van der Waals surface area contributed by atoms with E-state index in [9.17, 15) is 13.2 Å². The largest absolute Gasteiger partial charge is 0.418 e. The van der Waals surface area contributed by atoms with Crippen molar-refractivity contribution in [3.63, 3.8) is 0 Å². The molecule has 108 valence electrons. The van der Waals surface area contributed by atoms with Gasteiger partial charge in [-0.15, -0.1) is 0 Å². The van der Waals surface area contributed by atoms with Gasteiger partial charge in [0, 0.05) is 25.8 Å². The second-order valence-corrected chi connectivity index (χ2v) is 4.95. The molecule has 1 atom stereocenters. The first-order chi connectivity index (χ1) is 8.79. The number of nitrogens with zero attached hydrogens (tertiary/aromatic N) is 1. The van der Waals surface area contributed by atoms with E-state index in [0.29, 0.717) is 18.0 Å². The van der Waals surface area contributed by atoms with Crippen LogP contribution in [-0.2, 0) is 12.7 Å². The van der Waals surface area contributed by atoms with Crippen molar-refractivity contribution >= 4 is 5.69 Å². The van der Waals surface area contributed by atoms with Crippen LogP contribution in [0.3, 0.4) is 0 Å². The average Bonchev–Trinajstić information content (AvgIpc) is 2.36. The van der Waals surface area contributed by atoms with E-state index in [2.05, 4.69) is 0 Å². The van der Waals surface area contributed by atoms with Gasteiger partial charge in [-0.2, -0.15) is 13.2 Å². The number of nitrogens with two attached hydrogens (primary N) is 1. The number of rotatable bonds is 5. The highest BCUT2D eigenvalue weighted by Gasteiger charge is 2.34. The Bertz CT molecular complexity index is 416. The van der Waals surface area contributed by atoms with Gasteiger partial charge in [-0.05, 0) is 23.6 Å². The van der Waals surface area contributed by atoms with Crippen LogP contribution in [0, 0.1) is 5.92 Å². The maximum absolute atomic E-state index is 13.1. The summed E-state index contributed by atoms with van der Waals surface area (Å²) in [7, 11) is 1.69. The van der Waals surface area contributed by atoms with Crippen molar-refractivity contribution in [3.8, 4) is 0 Å². The molecule has 0 heterocycles. The quantitative estimate of drug-likeness (QED) is 0.888. The maximum Gasteiger partial charge on any atom is 0.418 e. The first-order valence-corrected chi connectivity index (χ1v) is 6.40. The summed E-state index contributed by atoms with van der Waals surface area (Å²) < 4.78 is 39.2. The number of hydrogen-bond donors (Lipinski definition) is 1. The van der Waals surface area contributed by atoms with Crippen LogP contribution in [0.5, 0.6) is 0 Å². The molecule has 2 nitrogen and oxygen atoms in total. The number of halogens is 3. The maximum atomic E-state index is 13.1. The predicted molar refractivity (Wildman–Crippen MR) is 72.1 cm³/mol. The highest BCUT2D eigenvalue weighted by atomic mass is 19.4. The van der Waals surface area contributed by atoms with E-state index in [-0.39, 0.29) is 12.2 Å². The van der Waals surface area contributed by atoms with Crippen LogP contribution in [0.2, 0.25) is 0 Å². The van der Waals surface area contributed by atoms with E-state index in [0.717, 1.165) is 12.5 Å². The van der Waals surface area contributed by atoms with Crippen LogP contribution in [-0.4, -0.2) is 13.6 Å². The molecule has 0 amide bonds. The Morgan fingerprint density at radius 2 is 1.95 bits per heavy atom. The molecule has 1 aromatic rings. The molecule has 5 heteroatoms. The summed E-state index contributed by atoms with van der Waals surface area (Å²) in [5, 5.41) is 0. The molecule has 0 spiro atoms. The predicted octanol–water partition coefficient (Wildman–Crippen LogP) is 3.65. The fourth-order valence-electron chi connectivity index (χ4n) is 1.97. The molecule has 0 aliphatic heterocycles. The number of hydrogen-bond acceptors (Lipinski definition) is 2. The van der Waals surface area contributed by atoms with E-state index in [1.165, 1.54) is 6.07 Å². The molecular formula is C14H21F3N2. The molecule has 0 aliphatic carbocycles. The normalized spacial score (nSPS) is 13.4. The smallest absolute Gasteiger partial charge is 0.374 e. The van der Waals surface area contributed by atoms with Crippen LogP contribution >= 0.6 is 0 Å². The molecule has 0 radical (unpaired) electrons. The van der Waals surface area contributed by atoms with Gasteiger partial charge >= 0.3 is 6.18 Å². The zero-order chi connectivity index (χ0) is 14.6. The zero-order valence-electron chi connectivity index (χ0n) is 11.6.